The molecule has 2 atom stereocenters. The molecule has 2 heteroatoms. The third-order valence-electron chi connectivity index (χ3n) is 3.00. The van der Waals surface area contributed by atoms with Crippen LogP contribution in [0.2, 0.25) is 0 Å². The summed E-state index contributed by atoms with van der Waals surface area (Å²) in [5.41, 5.74) is 0. The molecule has 78 valence electrons. The van der Waals surface area contributed by atoms with Crippen LogP contribution in [0.4, 0.5) is 0 Å². The Kier molecular flexibility index (Phi) is 4.20. The fourth-order valence-corrected chi connectivity index (χ4v) is 2.00. The standard InChI is InChI=1S/C11H24N2/c1-9(2)13-7-5-10(3)12-11(4)6-8-13/h9-12H,5-8H2,1-4H3. The summed E-state index contributed by atoms with van der Waals surface area (Å²) in [6.45, 7) is 11.7. The first-order valence-electron chi connectivity index (χ1n) is 5.59. The topological polar surface area (TPSA) is 15.3 Å². The van der Waals surface area contributed by atoms with Crippen molar-refractivity contribution in [2.75, 3.05) is 13.1 Å². The Morgan fingerprint density at radius 1 is 1.08 bits per heavy atom. The van der Waals surface area contributed by atoms with Crippen molar-refractivity contribution in [3.05, 3.63) is 0 Å². The maximum atomic E-state index is 3.61. The quantitative estimate of drug-likeness (QED) is 0.669. The minimum atomic E-state index is 0.677. The van der Waals surface area contributed by atoms with Crippen molar-refractivity contribution in [3.63, 3.8) is 0 Å². The normalized spacial score (nSPS) is 33.0. The molecule has 2 nitrogen and oxygen atoms in total. The molecule has 0 aromatic rings. The van der Waals surface area contributed by atoms with Crippen molar-refractivity contribution >= 4 is 0 Å². The van der Waals surface area contributed by atoms with Crippen molar-refractivity contribution in [3.8, 4) is 0 Å². The molecule has 0 radical (unpaired) electrons. The molecule has 0 aromatic carbocycles. The van der Waals surface area contributed by atoms with Crippen LogP contribution in [-0.4, -0.2) is 36.1 Å². The largest absolute Gasteiger partial charge is 0.312 e. The van der Waals surface area contributed by atoms with Gasteiger partial charge in [-0.2, -0.15) is 0 Å². The van der Waals surface area contributed by atoms with Crippen molar-refractivity contribution in [2.24, 2.45) is 0 Å². The molecule has 1 fully saturated rings. The molecule has 13 heavy (non-hydrogen) atoms. The van der Waals surface area contributed by atoms with E-state index in [1.807, 2.05) is 0 Å². The van der Waals surface area contributed by atoms with Gasteiger partial charge in [-0.1, -0.05) is 0 Å². The smallest absolute Gasteiger partial charge is 0.00533 e. The zero-order valence-electron chi connectivity index (χ0n) is 9.51. The van der Waals surface area contributed by atoms with Crippen LogP contribution in [0.15, 0.2) is 0 Å². The van der Waals surface area contributed by atoms with Gasteiger partial charge in [0.2, 0.25) is 0 Å². The maximum Gasteiger partial charge on any atom is 0.00533 e. The summed E-state index contributed by atoms with van der Waals surface area (Å²) in [5.74, 6) is 0. The Morgan fingerprint density at radius 3 is 1.92 bits per heavy atom. The highest BCUT2D eigenvalue weighted by molar-refractivity contribution is 4.76. The summed E-state index contributed by atoms with van der Waals surface area (Å²) in [4.78, 5) is 2.59. The number of hydrogen-bond acceptors (Lipinski definition) is 2. The highest BCUT2D eigenvalue weighted by Gasteiger charge is 2.17. The Hall–Kier alpha value is -0.0800. The van der Waals surface area contributed by atoms with Gasteiger partial charge >= 0.3 is 0 Å². The Bertz CT molecular complexity index is 133. The van der Waals surface area contributed by atoms with Gasteiger partial charge in [0.25, 0.3) is 0 Å². The van der Waals surface area contributed by atoms with E-state index in [-0.39, 0.29) is 0 Å². The molecule has 1 aliphatic heterocycles. The second-order valence-electron chi connectivity index (χ2n) is 4.68. The number of hydrogen-bond donors (Lipinski definition) is 1. The number of nitrogens with zero attached hydrogens (tertiary/aromatic N) is 1. The highest BCUT2D eigenvalue weighted by atomic mass is 15.2. The van der Waals surface area contributed by atoms with Gasteiger partial charge in [0.05, 0.1) is 0 Å². The molecule has 0 saturated carbocycles. The first-order valence-corrected chi connectivity index (χ1v) is 5.59. The molecule has 0 aliphatic carbocycles. The molecule has 1 heterocycles. The molecular weight excluding hydrogens is 160 g/mol. The van der Waals surface area contributed by atoms with Gasteiger partial charge in [0.15, 0.2) is 0 Å². The first-order chi connectivity index (χ1) is 6.09. The van der Waals surface area contributed by atoms with E-state index in [4.69, 9.17) is 0 Å². The second-order valence-corrected chi connectivity index (χ2v) is 4.68. The molecule has 1 saturated heterocycles. The van der Waals surface area contributed by atoms with Crippen LogP contribution in [0, 0.1) is 0 Å². The minimum Gasteiger partial charge on any atom is -0.312 e. The first kappa shape index (κ1) is 11.0. The molecule has 0 bridgehead atoms. The second kappa shape index (κ2) is 4.97. The minimum absolute atomic E-state index is 0.677. The van der Waals surface area contributed by atoms with Crippen molar-refractivity contribution in [1.82, 2.24) is 10.2 Å². The highest BCUT2D eigenvalue weighted by Crippen LogP contribution is 2.09. The average molecular weight is 184 g/mol. The zero-order chi connectivity index (χ0) is 9.84. The number of nitrogens with one attached hydrogen (secondary N) is 1. The predicted molar refractivity (Wildman–Crippen MR) is 58.0 cm³/mol. The third kappa shape index (κ3) is 3.65. The fourth-order valence-electron chi connectivity index (χ4n) is 2.00. The lowest BCUT2D eigenvalue weighted by atomic mass is 10.1. The Morgan fingerprint density at radius 2 is 1.54 bits per heavy atom. The summed E-state index contributed by atoms with van der Waals surface area (Å²) >= 11 is 0. The summed E-state index contributed by atoms with van der Waals surface area (Å²) in [5, 5.41) is 3.61. The maximum absolute atomic E-state index is 3.61. The Labute approximate surface area is 82.7 Å². The van der Waals surface area contributed by atoms with Crippen molar-refractivity contribution in [2.45, 2.75) is 58.7 Å². The van der Waals surface area contributed by atoms with E-state index in [9.17, 15) is 0 Å². The lowest BCUT2D eigenvalue weighted by molar-refractivity contribution is 0.181. The van der Waals surface area contributed by atoms with Crippen LogP contribution in [0.3, 0.4) is 0 Å². The summed E-state index contributed by atoms with van der Waals surface area (Å²) < 4.78 is 0. The van der Waals surface area contributed by atoms with Gasteiger partial charge in [-0.05, 0) is 53.6 Å². The van der Waals surface area contributed by atoms with E-state index in [0.717, 1.165) is 0 Å². The molecule has 1 rings (SSSR count). The van der Waals surface area contributed by atoms with Gasteiger partial charge in [0, 0.05) is 18.1 Å². The van der Waals surface area contributed by atoms with E-state index >= 15 is 0 Å². The fraction of sp³-hybridized carbons (Fsp3) is 1.00. The lowest BCUT2D eigenvalue weighted by Gasteiger charge is -2.33. The van der Waals surface area contributed by atoms with Gasteiger partial charge < -0.3 is 10.2 Å². The van der Waals surface area contributed by atoms with Crippen LogP contribution < -0.4 is 5.32 Å². The van der Waals surface area contributed by atoms with Gasteiger partial charge in [0.1, 0.15) is 0 Å². The van der Waals surface area contributed by atoms with Crippen LogP contribution in [0.5, 0.6) is 0 Å². The molecule has 2 unspecified atom stereocenters. The van der Waals surface area contributed by atoms with Gasteiger partial charge in [-0.3, -0.25) is 0 Å². The summed E-state index contributed by atoms with van der Waals surface area (Å²) in [6, 6.07) is 2.06. The Balaban J connectivity index is 2.43. The van der Waals surface area contributed by atoms with E-state index in [1.165, 1.54) is 25.9 Å². The molecule has 0 spiro atoms. The van der Waals surface area contributed by atoms with E-state index in [2.05, 4.69) is 37.9 Å². The predicted octanol–water partition coefficient (Wildman–Crippen LogP) is 1.86. The van der Waals surface area contributed by atoms with E-state index in [0.29, 0.717) is 18.1 Å². The van der Waals surface area contributed by atoms with Crippen molar-refractivity contribution < 1.29 is 0 Å². The van der Waals surface area contributed by atoms with Crippen LogP contribution >= 0.6 is 0 Å². The lowest BCUT2D eigenvalue weighted by Crippen LogP contribution is -2.44. The number of rotatable bonds is 1. The monoisotopic (exact) mass is 184 g/mol. The van der Waals surface area contributed by atoms with E-state index < -0.39 is 0 Å². The molecule has 0 aromatic heterocycles. The van der Waals surface area contributed by atoms with Gasteiger partial charge in [-0.15, -0.1) is 0 Å². The zero-order valence-corrected chi connectivity index (χ0v) is 9.51. The van der Waals surface area contributed by atoms with Crippen molar-refractivity contribution in [1.29, 1.82) is 0 Å². The van der Waals surface area contributed by atoms with Crippen LogP contribution in [0.1, 0.15) is 40.5 Å². The summed E-state index contributed by atoms with van der Waals surface area (Å²) in [6.07, 6.45) is 2.56. The van der Waals surface area contributed by atoms with Crippen LogP contribution in [-0.2, 0) is 0 Å². The SMILES string of the molecule is CC1CCN(C(C)C)CCC(C)N1. The molecule has 0 amide bonds. The summed E-state index contributed by atoms with van der Waals surface area (Å²) in [7, 11) is 0. The van der Waals surface area contributed by atoms with Crippen LogP contribution in [0.25, 0.3) is 0 Å². The third-order valence-corrected chi connectivity index (χ3v) is 3.00. The van der Waals surface area contributed by atoms with Gasteiger partial charge in [-0.25, -0.2) is 0 Å². The average Bonchev–Trinajstić information content (AvgIpc) is 2.00. The molecular formula is C11H24N2. The molecule has 1 N–H and O–H groups in total. The molecule has 1 aliphatic rings. The van der Waals surface area contributed by atoms with E-state index in [1.54, 1.807) is 0 Å².